The Balaban J connectivity index is 1.47. The van der Waals surface area contributed by atoms with Crippen LogP contribution in [0, 0.1) is 5.82 Å². The number of aromatic nitrogens is 3. The summed E-state index contributed by atoms with van der Waals surface area (Å²) in [7, 11) is 0. The van der Waals surface area contributed by atoms with E-state index in [2.05, 4.69) is 30.3 Å². The van der Waals surface area contributed by atoms with Crippen molar-refractivity contribution in [1.29, 1.82) is 0 Å². The van der Waals surface area contributed by atoms with Crippen molar-refractivity contribution in [3.63, 3.8) is 0 Å². The topological polar surface area (TPSA) is 115 Å². The summed E-state index contributed by atoms with van der Waals surface area (Å²) in [4.78, 5) is 13.2. The highest BCUT2D eigenvalue weighted by atomic mass is 32.2. The van der Waals surface area contributed by atoms with E-state index in [0.29, 0.717) is 22.5 Å². The predicted octanol–water partition coefficient (Wildman–Crippen LogP) is 5.16. The lowest BCUT2D eigenvalue weighted by atomic mass is 10.1. The minimum absolute atomic E-state index is 0.0660. The lowest BCUT2D eigenvalue weighted by Gasteiger charge is -2.22. The van der Waals surface area contributed by atoms with Crippen LogP contribution in [0.25, 0.3) is 22.3 Å². The second-order valence-corrected chi connectivity index (χ2v) is 9.23. The van der Waals surface area contributed by atoms with E-state index in [1.54, 1.807) is 36.4 Å². The summed E-state index contributed by atoms with van der Waals surface area (Å²) in [6.45, 7) is 0.233. The lowest BCUT2D eigenvalue weighted by Crippen LogP contribution is -2.39. The maximum Gasteiger partial charge on any atom is 0.411 e. The van der Waals surface area contributed by atoms with Gasteiger partial charge in [-0.2, -0.15) is 18.2 Å². The monoisotopic (exact) mass is 531 g/mol. The van der Waals surface area contributed by atoms with E-state index in [1.807, 2.05) is 0 Å². The molecule has 5 rings (SSSR count). The molecule has 1 fully saturated rings. The highest BCUT2D eigenvalue weighted by Crippen LogP contribution is 2.51. The Bertz CT molecular complexity index is 1460. The predicted molar refractivity (Wildman–Crippen MR) is 131 cm³/mol. The van der Waals surface area contributed by atoms with Crippen LogP contribution in [0.4, 0.5) is 35.0 Å². The zero-order chi connectivity index (χ0) is 26.2. The van der Waals surface area contributed by atoms with Crippen molar-refractivity contribution in [2.45, 2.75) is 31.1 Å². The van der Waals surface area contributed by atoms with Gasteiger partial charge in [0.2, 0.25) is 5.95 Å². The molecule has 2 heterocycles. The van der Waals surface area contributed by atoms with Gasteiger partial charge in [0, 0.05) is 29.1 Å². The van der Waals surface area contributed by atoms with E-state index in [9.17, 15) is 26.3 Å². The van der Waals surface area contributed by atoms with Gasteiger partial charge in [-0.05, 0) is 66.9 Å². The maximum atomic E-state index is 13.7. The van der Waals surface area contributed by atoms with E-state index in [1.165, 1.54) is 24.3 Å². The van der Waals surface area contributed by atoms with Crippen LogP contribution in [-0.4, -0.2) is 35.4 Å². The summed E-state index contributed by atoms with van der Waals surface area (Å²) < 4.78 is 78.2. The lowest BCUT2D eigenvalue weighted by molar-refractivity contribution is -0.151. The van der Waals surface area contributed by atoms with Gasteiger partial charge in [-0.1, -0.05) is 12.1 Å². The average Bonchev–Trinajstić information content (AvgIpc) is 3.65. The number of nitrogens with zero attached hydrogens (tertiary/aromatic N) is 3. The molecule has 1 aliphatic carbocycles. The Morgan fingerprint density at radius 3 is 2.27 bits per heavy atom. The number of hydrogen-bond donors (Lipinski definition) is 3. The summed E-state index contributed by atoms with van der Waals surface area (Å²) in [5.74, 6) is -0.394. The Labute approximate surface area is 211 Å². The van der Waals surface area contributed by atoms with Gasteiger partial charge in [0.1, 0.15) is 16.9 Å². The number of alkyl halides is 3. The number of benzene rings is 2. The highest BCUT2D eigenvalue weighted by molar-refractivity contribution is 7.80. The molecule has 0 amide bonds. The number of nitrogens with one attached hydrogen (secondary N) is 3. The van der Waals surface area contributed by atoms with Crippen LogP contribution in [0.5, 0.6) is 0 Å². The molecule has 1 unspecified atom stereocenters. The first kappa shape index (κ1) is 24.8. The summed E-state index contributed by atoms with van der Waals surface area (Å²) in [5, 5.41) is 5.56. The third-order valence-corrected chi connectivity index (χ3v) is 6.34. The number of rotatable bonds is 8. The standard InChI is InChI=1S/C24H20F4N6O2S/c25-16-5-3-15(4-6-16)18-9-10-19-20(30-18)21(33-23(11-12-23)24(26,27)28)32-22(31-19)29-13-14-1-7-17(8-2-14)34-37(35)36/h1-10,34H,11-13H2,(H,35,36)(H2,29,31,32,33)/p-1. The van der Waals surface area contributed by atoms with Crippen molar-refractivity contribution in [3.8, 4) is 11.3 Å². The summed E-state index contributed by atoms with van der Waals surface area (Å²) >= 11 is -2.44. The molecule has 13 heteroatoms. The van der Waals surface area contributed by atoms with E-state index in [4.69, 9.17) is 0 Å². The second-order valence-electron chi connectivity index (χ2n) is 8.56. The molecule has 0 bridgehead atoms. The molecule has 1 atom stereocenters. The molecule has 0 radical (unpaired) electrons. The van der Waals surface area contributed by atoms with Crippen molar-refractivity contribution in [2.75, 3.05) is 15.4 Å². The van der Waals surface area contributed by atoms with Crippen molar-refractivity contribution in [2.24, 2.45) is 0 Å². The number of pyridine rings is 1. The molecule has 2 aromatic heterocycles. The number of halogens is 4. The van der Waals surface area contributed by atoms with Crippen LogP contribution in [0.15, 0.2) is 60.7 Å². The molecule has 192 valence electrons. The highest BCUT2D eigenvalue weighted by Gasteiger charge is 2.64. The van der Waals surface area contributed by atoms with Crippen molar-refractivity contribution < 1.29 is 26.3 Å². The summed E-state index contributed by atoms with van der Waals surface area (Å²) in [5.41, 5.74) is 0.570. The fraction of sp³-hybridized carbons (Fsp3) is 0.208. The van der Waals surface area contributed by atoms with Gasteiger partial charge in [-0.25, -0.2) is 14.4 Å². The Morgan fingerprint density at radius 1 is 0.946 bits per heavy atom. The second kappa shape index (κ2) is 9.56. The van der Waals surface area contributed by atoms with Crippen LogP contribution < -0.4 is 15.4 Å². The van der Waals surface area contributed by atoms with Crippen molar-refractivity contribution in [1.82, 2.24) is 15.0 Å². The smallest absolute Gasteiger partial charge is 0.411 e. The van der Waals surface area contributed by atoms with Gasteiger partial charge in [0.25, 0.3) is 0 Å². The fourth-order valence-corrected chi connectivity index (χ4v) is 4.09. The van der Waals surface area contributed by atoms with Crippen LogP contribution in [0.3, 0.4) is 0 Å². The molecule has 0 spiro atoms. The van der Waals surface area contributed by atoms with Gasteiger partial charge >= 0.3 is 6.18 Å². The van der Waals surface area contributed by atoms with Crippen LogP contribution in [0.2, 0.25) is 0 Å². The van der Waals surface area contributed by atoms with Gasteiger partial charge in [0.15, 0.2) is 5.82 Å². The first-order chi connectivity index (χ1) is 17.6. The third-order valence-electron chi connectivity index (χ3n) is 5.94. The van der Waals surface area contributed by atoms with Gasteiger partial charge in [-0.3, -0.25) is 4.21 Å². The Kier molecular flexibility index (Phi) is 6.42. The molecule has 1 saturated carbocycles. The van der Waals surface area contributed by atoms with Crippen LogP contribution in [-0.2, 0) is 17.8 Å². The number of fused-ring (bicyclic) bond motifs is 1. The molecular formula is C24H19F4N6O2S-. The SMILES string of the molecule is O=S([O-])Nc1ccc(CNc2nc(NC3(C(F)(F)F)CC3)c3nc(-c4ccc(F)cc4)ccc3n2)cc1. The van der Waals surface area contributed by atoms with Gasteiger partial charge in [-0.15, -0.1) is 0 Å². The molecule has 37 heavy (non-hydrogen) atoms. The van der Waals surface area contributed by atoms with Crippen molar-refractivity contribution >= 4 is 39.8 Å². The van der Waals surface area contributed by atoms with Gasteiger partial charge in [0.05, 0.1) is 11.2 Å². The Hall–Kier alpha value is -3.84. The van der Waals surface area contributed by atoms with E-state index in [0.717, 1.165) is 5.56 Å². The van der Waals surface area contributed by atoms with Crippen molar-refractivity contribution in [3.05, 3.63) is 72.0 Å². The summed E-state index contributed by atoms with van der Waals surface area (Å²) in [6, 6.07) is 15.4. The fourth-order valence-electron chi connectivity index (χ4n) is 3.76. The molecule has 0 aliphatic heterocycles. The first-order valence-corrected chi connectivity index (χ1v) is 12.2. The maximum absolute atomic E-state index is 13.7. The molecule has 3 N–H and O–H groups in total. The van der Waals surface area contributed by atoms with Crippen LogP contribution >= 0.6 is 0 Å². The average molecular weight is 532 g/mol. The first-order valence-electron chi connectivity index (χ1n) is 11.1. The molecule has 8 nitrogen and oxygen atoms in total. The van der Waals surface area contributed by atoms with Gasteiger partial charge < -0.3 is 19.9 Å². The number of hydrogen-bond acceptors (Lipinski definition) is 7. The van der Waals surface area contributed by atoms with E-state index >= 15 is 0 Å². The van der Waals surface area contributed by atoms with E-state index in [-0.39, 0.29) is 36.7 Å². The molecular weight excluding hydrogens is 512 g/mol. The minimum atomic E-state index is -4.48. The van der Waals surface area contributed by atoms with E-state index < -0.39 is 28.8 Å². The zero-order valence-corrected chi connectivity index (χ0v) is 19.8. The molecule has 1 aliphatic rings. The van der Waals surface area contributed by atoms with Crippen LogP contribution in [0.1, 0.15) is 18.4 Å². The molecule has 4 aromatic rings. The third kappa shape index (κ3) is 5.47. The molecule has 2 aromatic carbocycles. The zero-order valence-electron chi connectivity index (χ0n) is 19.0. The number of anilines is 3. The minimum Gasteiger partial charge on any atom is -0.755 e. The molecule has 0 saturated heterocycles. The summed E-state index contributed by atoms with van der Waals surface area (Å²) in [6.07, 6.45) is -4.65. The largest absolute Gasteiger partial charge is 0.755 e. The quantitative estimate of drug-likeness (QED) is 0.213. The Morgan fingerprint density at radius 2 is 1.65 bits per heavy atom. The normalized spacial score (nSPS) is 15.3.